The Hall–Kier alpha value is -3.72. The number of carbonyl (C=O) groups is 1. The zero-order valence-electron chi connectivity index (χ0n) is 15.5. The number of anilines is 1. The number of aryl methyl sites for hydroxylation is 1. The minimum absolute atomic E-state index is 0.0411. The van der Waals surface area contributed by atoms with Crippen LogP contribution in [0.2, 0.25) is 0 Å². The molecule has 3 N–H and O–H groups in total. The molecule has 4 rings (SSSR count). The molecule has 1 aromatic heterocycles. The summed E-state index contributed by atoms with van der Waals surface area (Å²) in [7, 11) is 1.77. The molecule has 1 aliphatic carbocycles. The van der Waals surface area contributed by atoms with Crippen molar-refractivity contribution in [3.63, 3.8) is 0 Å². The molecule has 3 aromatic rings. The SMILES string of the molecule is Cn1cc(C#CCNC(=O)OCC2c3ccccc3-c3ccccc32)c(N)n1. The Balaban J connectivity index is 1.36. The standard InChI is InChI=1S/C22H20N4O2/c1-26-13-15(21(23)25-26)7-6-12-24-22(27)28-14-20-18-10-4-2-8-16(18)17-9-3-5-11-19(17)20/h2-5,8-11,13,20H,12,14H2,1H3,(H2,23,25)(H,24,27). The minimum Gasteiger partial charge on any atom is -0.449 e. The molecule has 1 amide bonds. The van der Waals surface area contributed by atoms with Crippen LogP contribution in [0.4, 0.5) is 10.6 Å². The maximum atomic E-state index is 12.1. The van der Waals surface area contributed by atoms with E-state index in [1.165, 1.54) is 22.3 Å². The molecular weight excluding hydrogens is 352 g/mol. The smallest absolute Gasteiger partial charge is 0.407 e. The average Bonchev–Trinajstić information content (AvgIpc) is 3.20. The van der Waals surface area contributed by atoms with E-state index in [9.17, 15) is 4.79 Å². The number of aromatic nitrogens is 2. The summed E-state index contributed by atoms with van der Waals surface area (Å²) in [4.78, 5) is 12.1. The molecule has 0 radical (unpaired) electrons. The second kappa shape index (κ2) is 7.49. The van der Waals surface area contributed by atoms with Crippen molar-refractivity contribution in [1.29, 1.82) is 0 Å². The van der Waals surface area contributed by atoms with Crippen molar-refractivity contribution in [2.45, 2.75) is 5.92 Å². The van der Waals surface area contributed by atoms with Crippen LogP contribution in [0.5, 0.6) is 0 Å². The van der Waals surface area contributed by atoms with Gasteiger partial charge in [-0.3, -0.25) is 4.68 Å². The largest absolute Gasteiger partial charge is 0.449 e. The van der Waals surface area contributed by atoms with E-state index in [0.29, 0.717) is 11.4 Å². The van der Waals surface area contributed by atoms with Gasteiger partial charge < -0.3 is 15.8 Å². The summed E-state index contributed by atoms with van der Waals surface area (Å²) in [5.74, 6) is 6.15. The van der Waals surface area contributed by atoms with Crippen molar-refractivity contribution < 1.29 is 9.53 Å². The molecule has 1 aliphatic rings. The number of amides is 1. The predicted octanol–water partition coefficient (Wildman–Crippen LogP) is 2.89. The normalized spacial score (nSPS) is 11.9. The monoisotopic (exact) mass is 372 g/mol. The maximum absolute atomic E-state index is 12.1. The molecule has 6 heteroatoms. The van der Waals surface area contributed by atoms with Crippen molar-refractivity contribution in [1.82, 2.24) is 15.1 Å². The summed E-state index contributed by atoms with van der Waals surface area (Å²) < 4.78 is 7.06. The molecule has 1 heterocycles. The molecule has 6 nitrogen and oxygen atoms in total. The second-order valence-corrected chi connectivity index (χ2v) is 6.58. The number of benzene rings is 2. The highest BCUT2D eigenvalue weighted by Gasteiger charge is 2.28. The maximum Gasteiger partial charge on any atom is 0.407 e. The Morgan fingerprint density at radius 1 is 1.18 bits per heavy atom. The zero-order chi connectivity index (χ0) is 19.5. The molecule has 28 heavy (non-hydrogen) atoms. The number of nitrogens with zero attached hydrogens (tertiary/aromatic N) is 2. The molecule has 2 aromatic carbocycles. The lowest BCUT2D eigenvalue weighted by molar-refractivity contribution is 0.144. The van der Waals surface area contributed by atoms with Crippen LogP contribution in [0.25, 0.3) is 11.1 Å². The number of nitrogen functional groups attached to an aromatic ring is 1. The summed E-state index contributed by atoms with van der Waals surface area (Å²) in [6.45, 7) is 0.452. The van der Waals surface area contributed by atoms with E-state index in [2.05, 4.69) is 46.5 Å². The van der Waals surface area contributed by atoms with Crippen LogP contribution in [0.3, 0.4) is 0 Å². The molecule has 0 saturated heterocycles. The van der Waals surface area contributed by atoms with Crippen molar-refractivity contribution in [2.75, 3.05) is 18.9 Å². The van der Waals surface area contributed by atoms with Gasteiger partial charge in [-0.05, 0) is 22.3 Å². The van der Waals surface area contributed by atoms with Crippen LogP contribution in [0, 0.1) is 11.8 Å². The molecule has 0 bridgehead atoms. The average molecular weight is 372 g/mol. The molecule has 0 atom stereocenters. The summed E-state index contributed by atoms with van der Waals surface area (Å²) >= 11 is 0. The fourth-order valence-corrected chi connectivity index (χ4v) is 3.51. The Kier molecular flexibility index (Phi) is 4.73. The van der Waals surface area contributed by atoms with Crippen molar-refractivity contribution in [3.8, 4) is 23.0 Å². The zero-order valence-corrected chi connectivity index (χ0v) is 15.5. The molecule has 0 fully saturated rings. The van der Waals surface area contributed by atoms with Gasteiger partial charge in [0.15, 0.2) is 5.82 Å². The first-order chi connectivity index (χ1) is 13.6. The third-order valence-corrected chi connectivity index (χ3v) is 4.75. The van der Waals surface area contributed by atoms with E-state index >= 15 is 0 Å². The Morgan fingerprint density at radius 3 is 2.43 bits per heavy atom. The van der Waals surface area contributed by atoms with E-state index < -0.39 is 6.09 Å². The molecule has 0 aliphatic heterocycles. The lowest BCUT2D eigenvalue weighted by Gasteiger charge is -2.14. The number of hydrogen-bond donors (Lipinski definition) is 2. The fourth-order valence-electron chi connectivity index (χ4n) is 3.51. The number of nitrogens with two attached hydrogens (primary N) is 1. The van der Waals surface area contributed by atoms with Gasteiger partial charge in [-0.2, -0.15) is 5.10 Å². The van der Waals surface area contributed by atoms with Gasteiger partial charge in [-0.25, -0.2) is 4.79 Å². The highest BCUT2D eigenvalue weighted by atomic mass is 16.5. The summed E-state index contributed by atoms with van der Waals surface area (Å²) in [5.41, 5.74) is 11.1. The van der Waals surface area contributed by atoms with E-state index in [-0.39, 0.29) is 19.1 Å². The first kappa shape index (κ1) is 17.7. The number of ether oxygens (including phenoxy) is 1. The highest BCUT2D eigenvalue weighted by molar-refractivity contribution is 5.79. The van der Waals surface area contributed by atoms with Crippen LogP contribution < -0.4 is 11.1 Å². The first-order valence-electron chi connectivity index (χ1n) is 9.00. The van der Waals surface area contributed by atoms with E-state index in [0.717, 1.165) is 0 Å². The van der Waals surface area contributed by atoms with Crippen LogP contribution in [-0.2, 0) is 11.8 Å². The van der Waals surface area contributed by atoms with Crippen LogP contribution in [-0.4, -0.2) is 29.0 Å². The lowest BCUT2D eigenvalue weighted by Crippen LogP contribution is -2.26. The van der Waals surface area contributed by atoms with Crippen LogP contribution in [0.1, 0.15) is 22.6 Å². The topological polar surface area (TPSA) is 82.2 Å². The number of fused-ring (bicyclic) bond motifs is 3. The van der Waals surface area contributed by atoms with Gasteiger partial charge in [0.25, 0.3) is 0 Å². The van der Waals surface area contributed by atoms with Gasteiger partial charge >= 0.3 is 6.09 Å². The number of alkyl carbamates (subject to hydrolysis) is 1. The highest BCUT2D eigenvalue weighted by Crippen LogP contribution is 2.44. The number of carbonyl (C=O) groups excluding carboxylic acids is 1. The Labute approximate surface area is 163 Å². The van der Waals surface area contributed by atoms with Crippen molar-refractivity contribution in [2.24, 2.45) is 7.05 Å². The summed E-state index contributed by atoms with van der Waals surface area (Å²) in [5, 5.41) is 6.66. The quantitative estimate of drug-likeness (QED) is 0.693. The van der Waals surface area contributed by atoms with Gasteiger partial charge in [-0.1, -0.05) is 60.4 Å². The summed E-state index contributed by atoms with van der Waals surface area (Å²) in [6, 6.07) is 16.5. The number of hydrogen-bond acceptors (Lipinski definition) is 4. The predicted molar refractivity (Wildman–Crippen MR) is 108 cm³/mol. The molecule has 0 spiro atoms. The summed E-state index contributed by atoms with van der Waals surface area (Å²) in [6.07, 6.45) is 1.24. The van der Waals surface area contributed by atoms with Gasteiger partial charge in [-0.15, -0.1) is 0 Å². The number of rotatable bonds is 3. The third-order valence-electron chi connectivity index (χ3n) is 4.75. The van der Waals surface area contributed by atoms with Gasteiger partial charge in [0.2, 0.25) is 0 Å². The van der Waals surface area contributed by atoms with Gasteiger partial charge in [0.05, 0.1) is 12.1 Å². The Bertz CT molecular complexity index is 1050. The van der Waals surface area contributed by atoms with Crippen LogP contribution in [0.15, 0.2) is 54.7 Å². The van der Waals surface area contributed by atoms with E-state index in [1.54, 1.807) is 17.9 Å². The minimum atomic E-state index is -0.490. The van der Waals surface area contributed by atoms with Gasteiger partial charge in [0, 0.05) is 19.2 Å². The second-order valence-electron chi connectivity index (χ2n) is 6.58. The van der Waals surface area contributed by atoms with E-state index in [4.69, 9.17) is 10.5 Å². The molecular formula is C22H20N4O2. The lowest BCUT2D eigenvalue weighted by atomic mass is 9.98. The Morgan fingerprint density at radius 2 is 1.82 bits per heavy atom. The fraction of sp³-hybridized carbons (Fsp3) is 0.182. The molecule has 0 saturated carbocycles. The van der Waals surface area contributed by atoms with E-state index in [1.807, 2.05) is 24.3 Å². The van der Waals surface area contributed by atoms with Gasteiger partial charge in [0.1, 0.15) is 6.61 Å². The molecule has 0 unspecified atom stereocenters. The molecule has 140 valence electrons. The first-order valence-corrected chi connectivity index (χ1v) is 9.00. The van der Waals surface area contributed by atoms with Crippen molar-refractivity contribution in [3.05, 3.63) is 71.4 Å². The van der Waals surface area contributed by atoms with Crippen molar-refractivity contribution >= 4 is 11.9 Å². The number of nitrogens with one attached hydrogen (secondary N) is 1. The third kappa shape index (κ3) is 3.42. The van der Waals surface area contributed by atoms with Crippen LogP contribution >= 0.6 is 0 Å².